The second-order valence-corrected chi connectivity index (χ2v) is 8.65. The first-order chi connectivity index (χ1) is 14.4. The zero-order valence-corrected chi connectivity index (χ0v) is 18.4. The molecule has 1 aliphatic heterocycles. The third-order valence-electron chi connectivity index (χ3n) is 5.62. The lowest BCUT2D eigenvalue weighted by molar-refractivity contribution is 0.0558. The predicted molar refractivity (Wildman–Crippen MR) is 116 cm³/mol. The first-order valence-electron chi connectivity index (χ1n) is 10.5. The average Bonchev–Trinajstić information content (AvgIpc) is 3.36. The number of nitrogens with zero attached hydrogens (tertiary/aromatic N) is 4. The van der Waals surface area contributed by atoms with Crippen LogP contribution in [0.2, 0.25) is 5.02 Å². The van der Waals surface area contributed by atoms with Crippen LogP contribution in [0, 0.1) is 0 Å². The van der Waals surface area contributed by atoms with Crippen LogP contribution in [-0.4, -0.2) is 32.1 Å². The Kier molecular flexibility index (Phi) is 5.95. The van der Waals surface area contributed by atoms with E-state index in [1.54, 1.807) is 10.9 Å². The fourth-order valence-corrected chi connectivity index (χ4v) is 4.04. The molecule has 0 saturated carbocycles. The van der Waals surface area contributed by atoms with Crippen molar-refractivity contribution in [3.8, 4) is 0 Å². The first kappa shape index (κ1) is 20.7. The lowest BCUT2D eigenvalue weighted by atomic mass is 10.0. The number of hydrogen-bond donors (Lipinski definition) is 0. The van der Waals surface area contributed by atoms with E-state index >= 15 is 0 Å². The van der Waals surface area contributed by atoms with Crippen LogP contribution in [0.4, 0.5) is 0 Å². The minimum atomic E-state index is -0.150. The molecule has 1 atom stereocenters. The Morgan fingerprint density at radius 1 is 1.27 bits per heavy atom. The van der Waals surface area contributed by atoms with Gasteiger partial charge in [0.05, 0.1) is 11.9 Å². The normalized spacial score (nSPS) is 17.0. The maximum absolute atomic E-state index is 13.4. The Balaban J connectivity index is 1.54. The molecule has 1 aliphatic rings. The number of benzene rings is 1. The minimum absolute atomic E-state index is 0.0148. The summed E-state index contributed by atoms with van der Waals surface area (Å²) < 4.78 is 7.77. The van der Waals surface area contributed by atoms with E-state index < -0.39 is 0 Å². The summed E-state index contributed by atoms with van der Waals surface area (Å²) in [6.07, 6.45) is 5.29. The molecular weight excluding hydrogens is 400 g/mol. The SMILES string of the molecule is CC(C)c1cc(C(=O)N2CCCCC2c2ncc(Cc3ccc(Cl)cc3)o2)n(C)n1. The molecule has 7 heteroatoms. The molecule has 1 fully saturated rings. The highest BCUT2D eigenvalue weighted by molar-refractivity contribution is 6.30. The third kappa shape index (κ3) is 4.29. The van der Waals surface area contributed by atoms with Gasteiger partial charge in [-0.25, -0.2) is 4.98 Å². The van der Waals surface area contributed by atoms with Crippen LogP contribution in [0.3, 0.4) is 0 Å². The number of likely N-dealkylation sites (tertiary alicyclic amines) is 1. The molecule has 3 aromatic rings. The quantitative estimate of drug-likeness (QED) is 0.566. The number of aryl methyl sites for hydroxylation is 1. The van der Waals surface area contributed by atoms with Crippen LogP contribution >= 0.6 is 11.6 Å². The molecule has 1 saturated heterocycles. The maximum atomic E-state index is 13.4. The van der Waals surface area contributed by atoms with E-state index in [0.29, 0.717) is 29.6 Å². The van der Waals surface area contributed by atoms with E-state index in [1.165, 1.54) is 0 Å². The van der Waals surface area contributed by atoms with Crippen LogP contribution in [0.1, 0.15) is 78.5 Å². The van der Waals surface area contributed by atoms with E-state index in [0.717, 1.165) is 36.3 Å². The van der Waals surface area contributed by atoms with Crippen molar-refractivity contribution < 1.29 is 9.21 Å². The van der Waals surface area contributed by atoms with E-state index in [2.05, 4.69) is 23.9 Å². The molecule has 0 bridgehead atoms. The highest BCUT2D eigenvalue weighted by atomic mass is 35.5. The zero-order chi connectivity index (χ0) is 21.3. The summed E-state index contributed by atoms with van der Waals surface area (Å²) >= 11 is 5.97. The third-order valence-corrected chi connectivity index (χ3v) is 5.87. The topological polar surface area (TPSA) is 64.2 Å². The van der Waals surface area contributed by atoms with Crippen molar-refractivity contribution in [1.82, 2.24) is 19.7 Å². The summed E-state index contributed by atoms with van der Waals surface area (Å²) in [5, 5.41) is 5.21. The van der Waals surface area contributed by atoms with Crippen molar-refractivity contribution in [3.05, 3.63) is 70.2 Å². The highest BCUT2D eigenvalue weighted by Gasteiger charge is 2.33. The molecule has 2 aromatic heterocycles. The lowest BCUT2D eigenvalue weighted by Crippen LogP contribution is -2.39. The van der Waals surface area contributed by atoms with Gasteiger partial charge in [-0.2, -0.15) is 5.10 Å². The number of hydrogen-bond acceptors (Lipinski definition) is 4. The van der Waals surface area contributed by atoms with E-state index in [-0.39, 0.29) is 17.9 Å². The van der Waals surface area contributed by atoms with Gasteiger partial charge in [0.25, 0.3) is 5.91 Å². The summed E-state index contributed by atoms with van der Waals surface area (Å²) in [6, 6.07) is 9.46. The average molecular weight is 427 g/mol. The Morgan fingerprint density at radius 2 is 2.03 bits per heavy atom. The second-order valence-electron chi connectivity index (χ2n) is 8.21. The Labute approximate surface area is 181 Å². The molecule has 0 aliphatic carbocycles. The number of carbonyl (C=O) groups excluding carboxylic acids is 1. The van der Waals surface area contributed by atoms with Crippen molar-refractivity contribution >= 4 is 17.5 Å². The summed E-state index contributed by atoms with van der Waals surface area (Å²) in [5.41, 5.74) is 2.64. The molecule has 0 N–H and O–H groups in total. The van der Waals surface area contributed by atoms with Crippen molar-refractivity contribution in [1.29, 1.82) is 0 Å². The molecule has 4 rings (SSSR count). The van der Waals surface area contributed by atoms with Crippen LogP contribution in [0.25, 0.3) is 0 Å². The van der Waals surface area contributed by atoms with Gasteiger partial charge in [-0.3, -0.25) is 9.48 Å². The first-order valence-corrected chi connectivity index (χ1v) is 10.8. The van der Waals surface area contributed by atoms with Crippen molar-refractivity contribution in [3.63, 3.8) is 0 Å². The van der Waals surface area contributed by atoms with Gasteiger partial charge in [0.2, 0.25) is 5.89 Å². The molecule has 1 unspecified atom stereocenters. The van der Waals surface area contributed by atoms with Gasteiger partial charge in [-0.15, -0.1) is 0 Å². The van der Waals surface area contributed by atoms with Gasteiger partial charge in [-0.05, 0) is 48.9 Å². The standard InChI is InChI=1S/C23H27ClN4O2/c1-15(2)19-13-21(27(3)26-19)23(29)28-11-5-4-6-20(28)22-25-14-18(30-22)12-16-7-9-17(24)10-8-16/h7-10,13-15,20H,4-6,11-12H2,1-3H3. The van der Waals surface area contributed by atoms with Gasteiger partial charge in [-0.1, -0.05) is 37.6 Å². The Morgan fingerprint density at radius 3 is 2.73 bits per heavy atom. The molecule has 6 nitrogen and oxygen atoms in total. The molecule has 158 valence electrons. The van der Waals surface area contributed by atoms with Crippen LogP contribution in [-0.2, 0) is 13.5 Å². The molecule has 30 heavy (non-hydrogen) atoms. The Bertz CT molecular complexity index is 1020. The number of amides is 1. The van der Waals surface area contributed by atoms with E-state index in [4.69, 9.17) is 16.0 Å². The number of rotatable bonds is 5. The van der Waals surface area contributed by atoms with Crippen molar-refractivity contribution in [2.24, 2.45) is 7.05 Å². The number of halogens is 1. The summed E-state index contributed by atoms with van der Waals surface area (Å²) in [4.78, 5) is 19.8. The van der Waals surface area contributed by atoms with Gasteiger partial charge in [0.15, 0.2) is 0 Å². The van der Waals surface area contributed by atoms with Crippen LogP contribution < -0.4 is 0 Å². The highest BCUT2D eigenvalue weighted by Crippen LogP contribution is 2.32. The van der Waals surface area contributed by atoms with Gasteiger partial charge in [0, 0.05) is 25.0 Å². The second kappa shape index (κ2) is 8.64. The van der Waals surface area contributed by atoms with Gasteiger partial charge in [0.1, 0.15) is 17.5 Å². The van der Waals surface area contributed by atoms with Gasteiger partial charge < -0.3 is 9.32 Å². The lowest BCUT2D eigenvalue weighted by Gasteiger charge is -2.33. The monoisotopic (exact) mass is 426 g/mol. The maximum Gasteiger partial charge on any atom is 0.272 e. The minimum Gasteiger partial charge on any atom is -0.443 e. The van der Waals surface area contributed by atoms with E-state index in [1.807, 2.05) is 42.3 Å². The van der Waals surface area contributed by atoms with E-state index in [9.17, 15) is 4.79 Å². The molecule has 3 heterocycles. The fraction of sp³-hybridized carbons (Fsp3) is 0.435. The molecular formula is C23H27ClN4O2. The number of piperidine rings is 1. The Hall–Kier alpha value is -2.60. The number of aromatic nitrogens is 3. The fourth-order valence-electron chi connectivity index (χ4n) is 3.91. The summed E-state index contributed by atoms with van der Waals surface area (Å²) in [7, 11) is 1.83. The van der Waals surface area contributed by atoms with Crippen molar-refractivity contribution in [2.45, 2.75) is 51.5 Å². The van der Waals surface area contributed by atoms with Crippen LogP contribution in [0.15, 0.2) is 40.9 Å². The summed E-state index contributed by atoms with van der Waals surface area (Å²) in [5.74, 6) is 1.65. The smallest absolute Gasteiger partial charge is 0.272 e. The van der Waals surface area contributed by atoms with Crippen LogP contribution in [0.5, 0.6) is 0 Å². The molecule has 0 spiro atoms. The number of oxazole rings is 1. The molecule has 1 amide bonds. The largest absolute Gasteiger partial charge is 0.443 e. The summed E-state index contributed by atoms with van der Waals surface area (Å²) in [6.45, 7) is 4.85. The molecule has 1 aromatic carbocycles. The number of carbonyl (C=O) groups is 1. The zero-order valence-electron chi connectivity index (χ0n) is 17.6. The van der Waals surface area contributed by atoms with Gasteiger partial charge >= 0.3 is 0 Å². The predicted octanol–water partition coefficient (Wildman–Crippen LogP) is 5.14. The molecule has 0 radical (unpaired) electrons. The van der Waals surface area contributed by atoms with Crippen molar-refractivity contribution in [2.75, 3.05) is 6.54 Å².